The molecular formula is C22H25N3O3. The van der Waals surface area contributed by atoms with Crippen LogP contribution in [0, 0.1) is 0 Å². The summed E-state index contributed by atoms with van der Waals surface area (Å²) >= 11 is 0. The van der Waals surface area contributed by atoms with Crippen LogP contribution in [-0.4, -0.2) is 35.3 Å². The van der Waals surface area contributed by atoms with Gasteiger partial charge in [-0.05, 0) is 49.6 Å². The zero-order valence-electron chi connectivity index (χ0n) is 16.0. The molecule has 2 aromatic rings. The molecule has 2 aromatic carbocycles. The van der Waals surface area contributed by atoms with Crippen molar-refractivity contribution in [1.29, 1.82) is 0 Å². The fourth-order valence-corrected chi connectivity index (χ4v) is 3.24. The third-order valence-electron chi connectivity index (χ3n) is 4.77. The zero-order valence-corrected chi connectivity index (χ0v) is 16.0. The summed E-state index contributed by atoms with van der Waals surface area (Å²) in [5.41, 5.74) is 3.68. The van der Waals surface area contributed by atoms with Crippen molar-refractivity contribution in [2.75, 3.05) is 11.6 Å². The van der Waals surface area contributed by atoms with Crippen LogP contribution in [-0.2, 0) is 11.2 Å². The molecule has 6 heteroatoms. The number of aliphatic carboxylic acids is 1. The minimum absolute atomic E-state index is 0.0169. The van der Waals surface area contributed by atoms with Crippen LogP contribution in [0.15, 0.2) is 59.7 Å². The van der Waals surface area contributed by atoms with E-state index < -0.39 is 5.97 Å². The lowest BCUT2D eigenvalue weighted by molar-refractivity contribution is -0.137. The van der Waals surface area contributed by atoms with Crippen molar-refractivity contribution in [3.05, 3.63) is 65.7 Å². The number of amides is 1. The summed E-state index contributed by atoms with van der Waals surface area (Å²) < 4.78 is 0. The predicted octanol–water partition coefficient (Wildman–Crippen LogP) is 3.48. The lowest BCUT2D eigenvalue weighted by Gasteiger charge is -2.19. The Morgan fingerprint density at radius 3 is 2.46 bits per heavy atom. The molecule has 1 heterocycles. The average molecular weight is 379 g/mol. The number of hydrazone groups is 1. The maximum absolute atomic E-state index is 12.7. The SMILES string of the molecule is CC1=NN(c2ccc(C(=O)NC(CCC(=O)O)Cc3ccccc3)cc2)CC1. The van der Waals surface area contributed by atoms with Crippen molar-refractivity contribution in [3.8, 4) is 0 Å². The first-order valence-corrected chi connectivity index (χ1v) is 9.49. The maximum atomic E-state index is 12.7. The molecular weight excluding hydrogens is 354 g/mol. The molecule has 6 nitrogen and oxygen atoms in total. The molecule has 0 spiro atoms. The molecule has 0 aromatic heterocycles. The van der Waals surface area contributed by atoms with Gasteiger partial charge in [-0.15, -0.1) is 0 Å². The Hall–Kier alpha value is -3.15. The van der Waals surface area contributed by atoms with E-state index >= 15 is 0 Å². The van der Waals surface area contributed by atoms with Gasteiger partial charge in [-0.2, -0.15) is 5.10 Å². The second-order valence-electron chi connectivity index (χ2n) is 7.05. The van der Waals surface area contributed by atoms with Gasteiger partial charge in [0, 0.05) is 36.7 Å². The summed E-state index contributed by atoms with van der Waals surface area (Å²) in [4.78, 5) is 23.6. The molecule has 1 aliphatic rings. The summed E-state index contributed by atoms with van der Waals surface area (Å²) in [5.74, 6) is -1.06. The molecule has 1 atom stereocenters. The molecule has 0 radical (unpaired) electrons. The number of nitrogens with one attached hydrogen (secondary N) is 1. The molecule has 0 bridgehead atoms. The van der Waals surface area contributed by atoms with Gasteiger partial charge in [0.05, 0.1) is 5.69 Å². The number of hydrogen-bond donors (Lipinski definition) is 2. The number of carboxylic acids is 1. The fraction of sp³-hybridized carbons (Fsp3) is 0.318. The highest BCUT2D eigenvalue weighted by molar-refractivity contribution is 5.95. The van der Waals surface area contributed by atoms with Crippen molar-refractivity contribution in [3.63, 3.8) is 0 Å². The van der Waals surface area contributed by atoms with E-state index in [-0.39, 0.29) is 18.4 Å². The number of carbonyl (C=O) groups excluding carboxylic acids is 1. The summed E-state index contributed by atoms with van der Waals surface area (Å²) in [6, 6.07) is 16.9. The topological polar surface area (TPSA) is 82.0 Å². The lowest BCUT2D eigenvalue weighted by Crippen LogP contribution is -2.37. The van der Waals surface area contributed by atoms with Gasteiger partial charge in [0.1, 0.15) is 0 Å². The van der Waals surface area contributed by atoms with Crippen molar-refractivity contribution < 1.29 is 14.7 Å². The first-order valence-electron chi connectivity index (χ1n) is 9.49. The quantitative estimate of drug-likeness (QED) is 0.736. The molecule has 0 saturated carbocycles. The zero-order chi connectivity index (χ0) is 19.9. The van der Waals surface area contributed by atoms with Crippen LogP contribution >= 0.6 is 0 Å². The van der Waals surface area contributed by atoms with Crippen LogP contribution in [0.4, 0.5) is 5.69 Å². The van der Waals surface area contributed by atoms with Crippen molar-refractivity contribution in [2.45, 2.75) is 38.6 Å². The number of benzene rings is 2. The van der Waals surface area contributed by atoms with Crippen LogP contribution in [0.3, 0.4) is 0 Å². The number of nitrogens with zero attached hydrogens (tertiary/aromatic N) is 2. The molecule has 2 N–H and O–H groups in total. The van der Waals surface area contributed by atoms with E-state index in [0.717, 1.165) is 29.9 Å². The highest BCUT2D eigenvalue weighted by atomic mass is 16.4. The van der Waals surface area contributed by atoms with Gasteiger partial charge in [0.15, 0.2) is 0 Å². The summed E-state index contributed by atoms with van der Waals surface area (Å²) in [6.45, 7) is 2.86. The molecule has 1 unspecified atom stereocenters. The smallest absolute Gasteiger partial charge is 0.303 e. The normalized spacial score (nSPS) is 14.5. The second kappa shape index (κ2) is 9.17. The first kappa shape index (κ1) is 19.6. The maximum Gasteiger partial charge on any atom is 0.303 e. The van der Waals surface area contributed by atoms with Gasteiger partial charge >= 0.3 is 5.97 Å². The first-order chi connectivity index (χ1) is 13.5. The second-order valence-corrected chi connectivity index (χ2v) is 7.05. The number of anilines is 1. The van der Waals surface area contributed by atoms with Crippen molar-refractivity contribution in [2.24, 2.45) is 5.10 Å². The van der Waals surface area contributed by atoms with Crippen LogP contribution < -0.4 is 10.3 Å². The van der Waals surface area contributed by atoms with Crippen LogP contribution in [0.2, 0.25) is 0 Å². The van der Waals surface area contributed by atoms with E-state index in [1.54, 1.807) is 12.1 Å². The minimum Gasteiger partial charge on any atom is -0.481 e. The van der Waals surface area contributed by atoms with Crippen LogP contribution in [0.25, 0.3) is 0 Å². The van der Waals surface area contributed by atoms with Gasteiger partial charge < -0.3 is 10.4 Å². The van der Waals surface area contributed by atoms with Crippen molar-refractivity contribution >= 4 is 23.3 Å². The third-order valence-corrected chi connectivity index (χ3v) is 4.77. The highest BCUT2D eigenvalue weighted by Crippen LogP contribution is 2.20. The Bertz CT molecular complexity index is 847. The Morgan fingerprint density at radius 1 is 1.14 bits per heavy atom. The third kappa shape index (κ3) is 5.42. The Morgan fingerprint density at radius 2 is 1.86 bits per heavy atom. The van der Waals surface area contributed by atoms with Gasteiger partial charge in [-0.1, -0.05) is 30.3 Å². The molecule has 3 rings (SSSR count). The highest BCUT2D eigenvalue weighted by Gasteiger charge is 2.17. The summed E-state index contributed by atoms with van der Waals surface area (Å²) in [5, 5.41) is 18.4. The van der Waals surface area contributed by atoms with E-state index in [1.807, 2.05) is 54.4 Å². The lowest BCUT2D eigenvalue weighted by atomic mass is 10.0. The van der Waals surface area contributed by atoms with E-state index in [1.165, 1.54) is 0 Å². The molecule has 1 aliphatic heterocycles. The molecule has 0 aliphatic carbocycles. The van der Waals surface area contributed by atoms with E-state index in [9.17, 15) is 9.59 Å². The summed E-state index contributed by atoms with van der Waals surface area (Å²) in [6.07, 6.45) is 1.95. The van der Waals surface area contributed by atoms with E-state index in [0.29, 0.717) is 18.4 Å². The molecule has 28 heavy (non-hydrogen) atoms. The largest absolute Gasteiger partial charge is 0.481 e. The Kier molecular flexibility index (Phi) is 6.42. The van der Waals surface area contributed by atoms with Gasteiger partial charge in [0.25, 0.3) is 5.91 Å². The van der Waals surface area contributed by atoms with E-state index in [2.05, 4.69) is 10.4 Å². The fourth-order valence-electron chi connectivity index (χ4n) is 3.24. The van der Waals surface area contributed by atoms with Crippen molar-refractivity contribution in [1.82, 2.24) is 5.32 Å². The average Bonchev–Trinajstić information content (AvgIpc) is 3.13. The predicted molar refractivity (Wildman–Crippen MR) is 110 cm³/mol. The standard InChI is InChI=1S/C22H25N3O3/c1-16-13-14-25(24-16)20-10-7-18(8-11-20)22(28)23-19(9-12-21(26)27)15-17-5-3-2-4-6-17/h2-8,10-11,19H,9,12-15H2,1H3,(H,23,28)(H,26,27). The monoisotopic (exact) mass is 379 g/mol. The van der Waals surface area contributed by atoms with Crippen LogP contribution in [0.1, 0.15) is 42.1 Å². The van der Waals surface area contributed by atoms with E-state index in [4.69, 9.17) is 5.11 Å². The van der Waals surface area contributed by atoms with Crippen LogP contribution in [0.5, 0.6) is 0 Å². The number of carbonyl (C=O) groups is 2. The number of hydrogen-bond acceptors (Lipinski definition) is 4. The molecule has 1 amide bonds. The summed E-state index contributed by atoms with van der Waals surface area (Å²) in [7, 11) is 0. The van der Waals surface area contributed by atoms with Gasteiger partial charge in [-0.3, -0.25) is 14.6 Å². The Labute approximate surface area is 164 Å². The minimum atomic E-state index is -0.863. The molecule has 0 fully saturated rings. The Balaban J connectivity index is 1.65. The van der Waals surface area contributed by atoms with Gasteiger partial charge in [-0.25, -0.2) is 0 Å². The number of rotatable bonds is 8. The number of carboxylic acid groups (broad SMARTS) is 1. The molecule has 146 valence electrons. The van der Waals surface area contributed by atoms with Gasteiger partial charge in [0.2, 0.25) is 0 Å². The molecule has 0 saturated heterocycles.